The van der Waals surface area contributed by atoms with Gasteiger partial charge in [-0.15, -0.1) is 11.3 Å². The topological polar surface area (TPSA) is 42.4 Å². The molecule has 1 aliphatic carbocycles. The lowest BCUT2D eigenvalue weighted by Crippen LogP contribution is -2.36. The zero-order valence-electron chi connectivity index (χ0n) is 13.8. The van der Waals surface area contributed by atoms with Crippen molar-refractivity contribution < 1.29 is 9.53 Å². The Morgan fingerprint density at radius 3 is 3.04 bits per heavy atom. The standard InChI is InChI=1S/C18H22N2O2S/c1-12-6-4-7-14(10-12)22-11-17(21)20(3)16-9-5-8-15-18(16)23-13(2)19-15/h4,6-7,10,16H,5,8-9,11H2,1-3H3. The largest absolute Gasteiger partial charge is 0.484 e. The molecule has 3 rings (SSSR count). The summed E-state index contributed by atoms with van der Waals surface area (Å²) in [6.07, 6.45) is 3.11. The van der Waals surface area contributed by atoms with Crippen molar-refractivity contribution in [3.63, 3.8) is 0 Å². The van der Waals surface area contributed by atoms with Gasteiger partial charge in [-0.3, -0.25) is 4.79 Å². The molecular weight excluding hydrogens is 308 g/mol. The van der Waals surface area contributed by atoms with E-state index in [9.17, 15) is 4.79 Å². The van der Waals surface area contributed by atoms with Gasteiger partial charge in [-0.05, 0) is 50.8 Å². The summed E-state index contributed by atoms with van der Waals surface area (Å²) in [6, 6.07) is 7.91. The molecule has 0 saturated heterocycles. The molecule has 1 unspecified atom stereocenters. The molecule has 1 heterocycles. The Labute approximate surface area is 141 Å². The Kier molecular flexibility index (Phi) is 4.66. The van der Waals surface area contributed by atoms with Gasteiger partial charge in [-0.25, -0.2) is 4.98 Å². The van der Waals surface area contributed by atoms with Gasteiger partial charge in [-0.1, -0.05) is 12.1 Å². The quantitative estimate of drug-likeness (QED) is 0.859. The third-order valence-corrected chi connectivity index (χ3v) is 5.36. The van der Waals surface area contributed by atoms with Crippen LogP contribution in [0.3, 0.4) is 0 Å². The van der Waals surface area contributed by atoms with Crippen LogP contribution in [-0.2, 0) is 11.2 Å². The highest BCUT2D eigenvalue weighted by atomic mass is 32.1. The summed E-state index contributed by atoms with van der Waals surface area (Å²) in [5.74, 6) is 0.750. The van der Waals surface area contributed by atoms with Crippen molar-refractivity contribution in [1.29, 1.82) is 0 Å². The molecule has 0 saturated carbocycles. The van der Waals surface area contributed by atoms with Gasteiger partial charge in [0.2, 0.25) is 0 Å². The first-order valence-electron chi connectivity index (χ1n) is 7.96. The molecule has 0 aliphatic heterocycles. The lowest BCUT2D eigenvalue weighted by atomic mass is 9.97. The van der Waals surface area contributed by atoms with Gasteiger partial charge in [0.15, 0.2) is 6.61 Å². The second-order valence-electron chi connectivity index (χ2n) is 6.06. The van der Waals surface area contributed by atoms with Crippen molar-refractivity contribution in [3.05, 3.63) is 45.4 Å². The fraction of sp³-hybridized carbons (Fsp3) is 0.444. The van der Waals surface area contributed by atoms with Gasteiger partial charge < -0.3 is 9.64 Å². The average Bonchev–Trinajstić information content (AvgIpc) is 2.92. The number of fused-ring (bicyclic) bond motifs is 1. The number of hydrogen-bond acceptors (Lipinski definition) is 4. The molecule has 5 heteroatoms. The number of carbonyl (C=O) groups excluding carboxylic acids is 1. The van der Waals surface area contributed by atoms with Gasteiger partial charge >= 0.3 is 0 Å². The Bertz CT molecular complexity index is 711. The van der Waals surface area contributed by atoms with E-state index < -0.39 is 0 Å². The summed E-state index contributed by atoms with van der Waals surface area (Å²) in [7, 11) is 1.87. The van der Waals surface area contributed by atoms with Gasteiger partial charge in [0.25, 0.3) is 5.91 Å². The number of benzene rings is 1. The first kappa shape index (κ1) is 16.0. The van der Waals surface area contributed by atoms with Crippen LogP contribution in [0.5, 0.6) is 5.75 Å². The van der Waals surface area contributed by atoms with Gasteiger partial charge in [0.05, 0.1) is 21.6 Å². The summed E-state index contributed by atoms with van der Waals surface area (Å²) in [5, 5.41) is 1.08. The number of likely N-dealkylation sites (N-methyl/N-ethyl adjacent to an activating group) is 1. The molecule has 0 radical (unpaired) electrons. The van der Waals surface area contributed by atoms with Crippen LogP contribution in [0.2, 0.25) is 0 Å². The number of aryl methyl sites for hydroxylation is 3. The van der Waals surface area contributed by atoms with E-state index in [-0.39, 0.29) is 18.6 Å². The zero-order chi connectivity index (χ0) is 16.4. The van der Waals surface area contributed by atoms with E-state index in [0.717, 1.165) is 35.6 Å². The Hall–Kier alpha value is -1.88. The lowest BCUT2D eigenvalue weighted by Gasteiger charge is -2.30. The monoisotopic (exact) mass is 330 g/mol. The first-order valence-corrected chi connectivity index (χ1v) is 8.77. The van der Waals surface area contributed by atoms with Crippen LogP contribution < -0.4 is 4.74 Å². The summed E-state index contributed by atoms with van der Waals surface area (Å²) < 4.78 is 5.65. The van der Waals surface area contributed by atoms with Crippen molar-refractivity contribution in [2.45, 2.75) is 39.2 Å². The molecule has 0 spiro atoms. The number of carbonyl (C=O) groups is 1. The second kappa shape index (κ2) is 6.71. The van der Waals surface area contributed by atoms with Gasteiger partial charge in [0, 0.05) is 7.05 Å². The third kappa shape index (κ3) is 3.55. The highest BCUT2D eigenvalue weighted by molar-refractivity contribution is 7.11. The summed E-state index contributed by atoms with van der Waals surface area (Å²) in [5.41, 5.74) is 2.29. The maximum absolute atomic E-state index is 12.5. The minimum atomic E-state index is 0.00964. The van der Waals surface area contributed by atoms with E-state index in [1.54, 1.807) is 11.3 Å². The number of rotatable bonds is 4. The van der Waals surface area contributed by atoms with Crippen molar-refractivity contribution in [2.24, 2.45) is 0 Å². The van der Waals surface area contributed by atoms with E-state index in [1.807, 2.05) is 50.1 Å². The smallest absolute Gasteiger partial charge is 0.260 e. The molecule has 1 aromatic carbocycles. The maximum atomic E-state index is 12.5. The van der Waals surface area contributed by atoms with E-state index in [1.165, 1.54) is 10.6 Å². The van der Waals surface area contributed by atoms with Crippen LogP contribution in [0.4, 0.5) is 0 Å². The van der Waals surface area contributed by atoms with Crippen LogP contribution in [0.25, 0.3) is 0 Å². The number of aromatic nitrogens is 1. The Morgan fingerprint density at radius 1 is 1.43 bits per heavy atom. The molecule has 122 valence electrons. The molecular formula is C18H22N2O2S. The number of thiazole rings is 1. The zero-order valence-corrected chi connectivity index (χ0v) is 14.7. The minimum absolute atomic E-state index is 0.00964. The van der Waals surface area contributed by atoms with E-state index >= 15 is 0 Å². The lowest BCUT2D eigenvalue weighted by molar-refractivity contribution is -0.134. The predicted molar refractivity (Wildman–Crippen MR) is 92.0 cm³/mol. The first-order chi connectivity index (χ1) is 11.0. The predicted octanol–water partition coefficient (Wildman–Crippen LogP) is 3.67. The normalized spacial score (nSPS) is 16.7. The Morgan fingerprint density at radius 2 is 2.26 bits per heavy atom. The molecule has 1 atom stereocenters. The van der Waals surface area contributed by atoms with Gasteiger partial charge in [-0.2, -0.15) is 0 Å². The van der Waals surface area contributed by atoms with Gasteiger partial charge in [0.1, 0.15) is 5.75 Å². The third-order valence-electron chi connectivity index (χ3n) is 4.24. The van der Waals surface area contributed by atoms with Crippen molar-refractivity contribution >= 4 is 17.2 Å². The summed E-state index contributed by atoms with van der Waals surface area (Å²) in [4.78, 5) is 20.2. The fourth-order valence-corrected chi connectivity index (χ4v) is 4.17. The van der Waals surface area contributed by atoms with Crippen LogP contribution in [0.1, 0.15) is 40.0 Å². The van der Waals surface area contributed by atoms with Crippen LogP contribution in [0.15, 0.2) is 24.3 Å². The number of amides is 1. The molecule has 0 N–H and O–H groups in total. The highest BCUT2D eigenvalue weighted by Crippen LogP contribution is 2.37. The summed E-state index contributed by atoms with van der Waals surface area (Å²) >= 11 is 1.71. The minimum Gasteiger partial charge on any atom is -0.484 e. The SMILES string of the molecule is Cc1cccc(OCC(=O)N(C)C2CCCc3nc(C)sc32)c1. The molecule has 0 fully saturated rings. The highest BCUT2D eigenvalue weighted by Gasteiger charge is 2.29. The number of nitrogens with zero attached hydrogens (tertiary/aromatic N) is 2. The maximum Gasteiger partial charge on any atom is 0.260 e. The average molecular weight is 330 g/mol. The molecule has 1 aromatic heterocycles. The van der Waals surface area contributed by atoms with E-state index in [4.69, 9.17) is 4.74 Å². The Balaban J connectivity index is 1.66. The summed E-state index contributed by atoms with van der Waals surface area (Å²) in [6.45, 7) is 4.11. The van der Waals surface area contributed by atoms with E-state index in [0.29, 0.717) is 0 Å². The molecule has 1 aliphatic rings. The van der Waals surface area contributed by atoms with Crippen molar-refractivity contribution in [3.8, 4) is 5.75 Å². The van der Waals surface area contributed by atoms with Crippen LogP contribution in [-0.4, -0.2) is 29.4 Å². The molecule has 23 heavy (non-hydrogen) atoms. The molecule has 4 nitrogen and oxygen atoms in total. The van der Waals surface area contributed by atoms with Crippen molar-refractivity contribution in [1.82, 2.24) is 9.88 Å². The van der Waals surface area contributed by atoms with E-state index in [2.05, 4.69) is 4.98 Å². The fourth-order valence-electron chi connectivity index (χ4n) is 3.01. The molecule has 1 amide bonds. The molecule has 2 aromatic rings. The second-order valence-corrected chi connectivity index (χ2v) is 7.30. The van der Waals surface area contributed by atoms with Crippen LogP contribution in [0, 0.1) is 13.8 Å². The number of ether oxygens (including phenoxy) is 1. The number of hydrogen-bond donors (Lipinski definition) is 0. The molecule has 0 bridgehead atoms. The van der Waals surface area contributed by atoms with Crippen LogP contribution >= 0.6 is 11.3 Å². The van der Waals surface area contributed by atoms with Crippen molar-refractivity contribution in [2.75, 3.05) is 13.7 Å².